The second kappa shape index (κ2) is 7.77. The summed E-state index contributed by atoms with van der Waals surface area (Å²) in [7, 11) is -3.62. The van der Waals surface area contributed by atoms with Gasteiger partial charge in [0.1, 0.15) is 4.21 Å². The van der Waals surface area contributed by atoms with E-state index in [0.717, 1.165) is 37.3 Å². The molecular weight excluding hydrogens is 370 g/mol. The summed E-state index contributed by atoms with van der Waals surface area (Å²) in [5.41, 5.74) is 0.910. The molecule has 140 valence electrons. The molecule has 1 saturated heterocycles. The van der Waals surface area contributed by atoms with Crippen LogP contribution in [0.25, 0.3) is 0 Å². The third kappa shape index (κ3) is 4.63. The lowest BCUT2D eigenvalue weighted by molar-refractivity contribution is 0.0922. The van der Waals surface area contributed by atoms with E-state index in [1.165, 1.54) is 0 Å². The molecule has 0 saturated carbocycles. The molecule has 0 bridgehead atoms. The van der Waals surface area contributed by atoms with Crippen molar-refractivity contribution >= 4 is 33.0 Å². The first-order chi connectivity index (χ1) is 12.4. The van der Waals surface area contributed by atoms with Gasteiger partial charge in [0.25, 0.3) is 15.9 Å². The predicted molar refractivity (Wildman–Crippen MR) is 104 cm³/mol. The number of nitrogens with one attached hydrogen (secondary N) is 3. The zero-order valence-corrected chi connectivity index (χ0v) is 16.3. The van der Waals surface area contributed by atoms with Crippen LogP contribution >= 0.6 is 11.3 Å². The lowest BCUT2D eigenvalue weighted by Crippen LogP contribution is -2.42. The molecule has 0 unspecified atom stereocenters. The third-order valence-electron chi connectivity index (χ3n) is 4.62. The van der Waals surface area contributed by atoms with Gasteiger partial charge in [0.05, 0.1) is 0 Å². The molecule has 26 heavy (non-hydrogen) atoms. The number of sulfonamides is 1. The summed E-state index contributed by atoms with van der Waals surface area (Å²) in [6, 6.07) is 9.78. The molecule has 8 heteroatoms. The third-order valence-corrected chi connectivity index (χ3v) is 7.40. The number of hydrogen-bond donors (Lipinski definition) is 3. The number of anilines is 1. The van der Waals surface area contributed by atoms with Crippen molar-refractivity contribution in [2.75, 3.05) is 24.4 Å². The second-order valence-corrected chi connectivity index (χ2v) is 9.72. The summed E-state index contributed by atoms with van der Waals surface area (Å²) in [5, 5.41) is 8.02. The summed E-state index contributed by atoms with van der Waals surface area (Å²) < 4.78 is 27.4. The number of carbonyl (C=O) groups is 1. The molecule has 3 rings (SSSR count). The fourth-order valence-electron chi connectivity index (χ4n) is 2.95. The standard InChI is InChI=1S/C18H23N3O3S2/c1-18(7-9-19-10-8-18)13-20-17(22)14-4-2-5-15(12-14)21-26(23,24)16-6-3-11-25-16/h2-6,11-12,19,21H,7-10,13H2,1H3,(H,20,22). The molecule has 3 N–H and O–H groups in total. The second-order valence-electron chi connectivity index (χ2n) is 6.86. The van der Waals surface area contributed by atoms with Crippen molar-refractivity contribution in [2.24, 2.45) is 5.41 Å². The molecule has 0 radical (unpaired) electrons. The smallest absolute Gasteiger partial charge is 0.271 e. The quantitative estimate of drug-likeness (QED) is 0.704. The Bertz CT molecular complexity index is 858. The van der Waals surface area contributed by atoms with Gasteiger partial charge in [-0.25, -0.2) is 8.42 Å². The molecule has 6 nitrogen and oxygen atoms in total. The highest BCUT2D eigenvalue weighted by molar-refractivity contribution is 7.94. The van der Waals surface area contributed by atoms with E-state index in [2.05, 4.69) is 22.3 Å². The van der Waals surface area contributed by atoms with E-state index in [1.807, 2.05) is 0 Å². The fraction of sp³-hybridized carbons (Fsp3) is 0.389. The Morgan fingerprint density at radius 2 is 2.00 bits per heavy atom. The Labute approximate surface area is 158 Å². The number of carbonyl (C=O) groups excluding carboxylic acids is 1. The van der Waals surface area contributed by atoms with Crippen LogP contribution in [0, 0.1) is 5.41 Å². The van der Waals surface area contributed by atoms with Gasteiger partial charge in [-0.3, -0.25) is 9.52 Å². The molecular formula is C18H23N3O3S2. The van der Waals surface area contributed by atoms with Gasteiger partial charge in [0.15, 0.2) is 0 Å². The van der Waals surface area contributed by atoms with Gasteiger partial charge in [0.2, 0.25) is 0 Å². The van der Waals surface area contributed by atoms with Crippen molar-refractivity contribution in [1.82, 2.24) is 10.6 Å². The largest absolute Gasteiger partial charge is 0.351 e. The van der Waals surface area contributed by atoms with Crippen LogP contribution in [0.2, 0.25) is 0 Å². The topological polar surface area (TPSA) is 87.3 Å². The molecule has 0 spiro atoms. The Morgan fingerprint density at radius 1 is 1.23 bits per heavy atom. The highest BCUT2D eigenvalue weighted by Crippen LogP contribution is 2.27. The van der Waals surface area contributed by atoms with Gasteiger partial charge in [-0.05, 0) is 61.0 Å². The van der Waals surface area contributed by atoms with Gasteiger partial charge in [-0.2, -0.15) is 0 Å². The number of benzene rings is 1. The molecule has 2 aromatic rings. The first-order valence-corrected chi connectivity index (χ1v) is 10.9. The minimum Gasteiger partial charge on any atom is -0.351 e. The maximum absolute atomic E-state index is 12.5. The zero-order chi connectivity index (χ0) is 18.6. The highest BCUT2D eigenvalue weighted by atomic mass is 32.2. The van der Waals surface area contributed by atoms with Gasteiger partial charge in [0, 0.05) is 17.8 Å². The molecule has 1 aromatic heterocycles. The normalized spacial score (nSPS) is 16.8. The minimum absolute atomic E-state index is 0.0965. The van der Waals surface area contributed by atoms with Crippen LogP contribution in [-0.4, -0.2) is 34.0 Å². The first kappa shape index (κ1) is 18.9. The number of amides is 1. The van der Waals surface area contributed by atoms with E-state index >= 15 is 0 Å². The van der Waals surface area contributed by atoms with Crippen LogP contribution in [0.5, 0.6) is 0 Å². The van der Waals surface area contributed by atoms with E-state index in [1.54, 1.807) is 41.8 Å². The zero-order valence-electron chi connectivity index (χ0n) is 14.6. The van der Waals surface area contributed by atoms with Crippen LogP contribution in [0.3, 0.4) is 0 Å². The lowest BCUT2D eigenvalue weighted by atomic mass is 9.81. The van der Waals surface area contributed by atoms with E-state index in [-0.39, 0.29) is 15.5 Å². The summed E-state index contributed by atoms with van der Waals surface area (Å²) >= 11 is 1.15. The number of hydrogen-bond acceptors (Lipinski definition) is 5. The monoisotopic (exact) mass is 393 g/mol. The van der Waals surface area contributed by atoms with Gasteiger partial charge in [-0.15, -0.1) is 11.3 Å². The summed E-state index contributed by atoms with van der Waals surface area (Å²) in [5.74, 6) is -0.193. The number of piperidine rings is 1. The van der Waals surface area contributed by atoms with Crippen molar-refractivity contribution in [3.8, 4) is 0 Å². The molecule has 0 atom stereocenters. The molecule has 1 aliphatic heterocycles. The molecule has 1 fully saturated rings. The van der Waals surface area contributed by atoms with Crippen LogP contribution < -0.4 is 15.4 Å². The van der Waals surface area contributed by atoms with Crippen molar-refractivity contribution in [1.29, 1.82) is 0 Å². The Morgan fingerprint density at radius 3 is 2.69 bits per heavy atom. The Kier molecular flexibility index (Phi) is 5.64. The first-order valence-electron chi connectivity index (χ1n) is 8.53. The van der Waals surface area contributed by atoms with Gasteiger partial charge < -0.3 is 10.6 Å². The van der Waals surface area contributed by atoms with E-state index in [9.17, 15) is 13.2 Å². The van der Waals surface area contributed by atoms with Crippen molar-refractivity contribution in [3.63, 3.8) is 0 Å². The summed E-state index contributed by atoms with van der Waals surface area (Å²) in [4.78, 5) is 12.5. The number of thiophene rings is 1. The van der Waals surface area contributed by atoms with E-state index < -0.39 is 10.0 Å². The summed E-state index contributed by atoms with van der Waals surface area (Å²) in [6.07, 6.45) is 2.04. The van der Waals surface area contributed by atoms with Crippen molar-refractivity contribution in [3.05, 3.63) is 47.3 Å². The van der Waals surface area contributed by atoms with Crippen LogP contribution in [0.15, 0.2) is 46.0 Å². The lowest BCUT2D eigenvalue weighted by Gasteiger charge is -2.34. The Balaban J connectivity index is 1.66. The molecule has 1 amide bonds. The van der Waals surface area contributed by atoms with Crippen LogP contribution in [-0.2, 0) is 10.0 Å². The highest BCUT2D eigenvalue weighted by Gasteiger charge is 2.27. The molecule has 2 heterocycles. The van der Waals surface area contributed by atoms with E-state index in [4.69, 9.17) is 0 Å². The maximum atomic E-state index is 12.5. The SMILES string of the molecule is CC1(CNC(=O)c2cccc(NS(=O)(=O)c3cccs3)c2)CCNCC1. The summed E-state index contributed by atoms with van der Waals surface area (Å²) in [6.45, 7) is 4.72. The van der Waals surface area contributed by atoms with Gasteiger partial charge in [-0.1, -0.05) is 19.1 Å². The van der Waals surface area contributed by atoms with Crippen molar-refractivity contribution in [2.45, 2.75) is 24.0 Å². The van der Waals surface area contributed by atoms with E-state index in [0.29, 0.717) is 17.8 Å². The van der Waals surface area contributed by atoms with Crippen LogP contribution in [0.1, 0.15) is 30.1 Å². The fourth-order valence-corrected chi connectivity index (χ4v) is 4.99. The average Bonchev–Trinajstić information content (AvgIpc) is 3.16. The van der Waals surface area contributed by atoms with Crippen molar-refractivity contribution < 1.29 is 13.2 Å². The molecule has 1 aliphatic rings. The number of rotatable bonds is 6. The average molecular weight is 394 g/mol. The molecule has 0 aliphatic carbocycles. The maximum Gasteiger partial charge on any atom is 0.271 e. The minimum atomic E-state index is -3.62. The molecule has 1 aromatic carbocycles. The van der Waals surface area contributed by atoms with Crippen LogP contribution in [0.4, 0.5) is 5.69 Å². The Hall–Kier alpha value is -1.90. The van der Waals surface area contributed by atoms with Gasteiger partial charge >= 0.3 is 0 Å². The predicted octanol–water partition coefficient (Wildman–Crippen LogP) is 2.67.